The molecule has 0 saturated heterocycles. The Labute approximate surface area is 174 Å². The zero-order valence-electron chi connectivity index (χ0n) is 17.8. The van der Waals surface area contributed by atoms with E-state index in [1.54, 1.807) is 0 Å². The van der Waals surface area contributed by atoms with Gasteiger partial charge in [0.05, 0.1) is 0 Å². The number of benzene rings is 2. The van der Waals surface area contributed by atoms with Crippen molar-refractivity contribution in [2.75, 3.05) is 13.1 Å². The highest BCUT2D eigenvalue weighted by atomic mass is 19.1. The van der Waals surface area contributed by atoms with Crippen LogP contribution in [0.2, 0.25) is 0 Å². The highest BCUT2D eigenvalue weighted by Crippen LogP contribution is 2.55. The van der Waals surface area contributed by atoms with Crippen LogP contribution in [-0.2, 0) is 24.2 Å². The van der Waals surface area contributed by atoms with Crippen LogP contribution in [0.15, 0.2) is 48.5 Å². The topological polar surface area (TPSA) is 3.24 Å². The summed E-state index contributed by atoms with van der Waals surface area (Å²) in [6.07, 6.45) is 5.05. The molecule has 0 atom stereocenters. The Morgan fingerprint density at radius 1 is 0.793 bits per heavy atom. The van der Waals surface area contributed by atoms with E-state index in [1.165, 1.54) is 5.56 Å². The summed E-state index contributed by atoms with van der Waals surface area (Å²) in [5.74, 6) is 0. The molecule has 0 spiro atoms. The highest BCUT2D eigenvalue weighted by Gasteiger charge is 2.50. The van der Waals surface area contributed by atoms with Gasteiger partial charge in [-0.2, -0.15) is 0 Å². The van der Waals surface area contributed by atoms with Crippen LogP contribution in [0.25, 0.3) is 0 Å². The SMILES string of the molecule is CC(C)N(CCCc1c(C2(F)CC2)cccc1C1(F)CC1)CCc1ccccc1. The van der Waals surface area contributed by atoms with Gasteiger partial charge in [-0.3, -0.25) is 0 Å². The summed E-state index contributed by atoms with van der Waals surface area (Å²) >= 11 is 0. The smallest absolute Gasteiger partial charge is 0.136 e. The van der Waals surface area contributed by atoms with Crippen LogP contribution in [0.5, 0.6) is 0 Å². The number of nitrogens with zero attached hydrogens (tertiary/aromatic N) is 1. The highest BCUT2D eigenvalue weighted by molar-refractivity contribution is 5.46. The number of halogens is 2. The quantitative estimate of drug-likeness (QED) is 0.443. The second-order valence-corrected chi connectivity index (χ2v) is 9.23. The van der Waals surface area contributed by atoms with Gasteiger partial charge in [-0.05, 0) is 87.6 Å². The summed E-state index contributed by atoms with van der Waals surface area (Å²) in [7, 11) is 0. The van der Waals surface area contributed by atoms with Gasteiger partial charge >= 0.3 is 0 Å². The lowest BCUT2D eigenvalue weighted by molar-refractivity contribution is 0.221. The maximum absolute atomic E-state index is 15.0. The first kappa shape index (κ1) is 20.5. The lowest BCUT2D eigenvalue weighted by atomic mass is 9.90. The molecule has 29 heavy (non-hydrogen) atoms. The van der Waals surface area contributed by atoms with Crippen molar-refractivity contribution >= 4 is 0 Å². The van der Waals surface area contributed by atoms with Crippen molar-refractivity contribution in [1.82, 2.24) is 4.90 Å². The Hall–Kier alpha value is -1.74. The van der Waals surface area contributed by atoms with Crippen LogP contribution >= 0.6 is 0 Å². The van der Waals surface area contributed by atoms with E-state index in [-0.39, 0.29) is 0 Å². The van der Waals surface area contributed by atoms with Crippen LogP contribution in [-0.4, -0.2) is 24.0 Å². The maximum Gasteiger partial charge on any atom is 0.136 e. The zero-order valence-corrected chi connectivity index (χ0v) is 17.8. The standard InChI is InChI=1S/C26H33F2N/c1-20(2)29(19-13-21-8-4-3-5-9-21)18-7-10-22-23(25(27)14-15-25)11-6-12-24(22)26(28)16-17-26/h3-6,8-9,11-12,20H,7,10,13-19H2,1-2H3. The Kier molecular flexibility index (Phi) is 5.79. The average molecular weight is 398 g/mol. The van der Waals surface area contributed by atoms with E-state index in [0.29, 0.717) is 31.7 Å². The molecule has 1 nitrogen and oxygen atoms in total. The predicted molar refractivity (Wildman–Crippen MR) is 116 cm³/mol. The van der Waals surface area contributed by atoms with Gasteiger partial charge in [0, 0.05) is 12.6 Å². The number of alkyl halides is 2. The van der Waals surface area contributed by atoms with E-state index in [2.05, 4.69) is 43.0 Å². The molecule has 2 aliphatic rings. The third-order valence-corrected chi connectivity index (χ3v) is 6.65. The molecule has 2 aromatic rings. The second-order valence-electron chi connectivity index (χ2n) is 9.23. The van der Waals surface area contributed by atoms with E-state index < -0.39 is 11.3 Å². The summed E-state index contributed by atoms with van der Waals surface area (Å²) in [5, 5.41) is 0. The van der Waals surface area contributed by atoms with E-state index in [9.17, 15) is 8.78 Å². The third-order valence-electron chi connectivity index (χ3n) is 6.65. The van der Waals surface area contributed by atoms with Crippen molar-refractivity contribution in [3.63, 3.8) is 0 Å². The lowest BCUT2D eigenvalue weighted by Gasteiger charge is -2.27. The molecule has 0 unspecified atom stereocenters. The molecule has 0 amide bonds. The number of rotatable bonds is 10. The Balaban J connectivity index is 1.42. The molecule has 4 rings (SSSR count). The zero-order chi connectivity index (χ0) is 20.5. The first-order valence-electron chi connectivity index (χ1n) is 11.2. The Bertz CT molecular complexity index is 786. The van der Waals surface area contributed by atoms with Gasteiger partial charge in [0.1, 0.15) is 11.3 Å². The molecule has 2 saturated carbocycles. The van der Waals surface area contributed by atoms with Gasteiger partial charge in [0.15, 0.2) is 0 Å². The maximum atomic E-state index is 15.0. The van der Waals surface area contributed by atoms with Crippen molar-refractivity contribution in [3.8, 4) is 0 Å². The number of hydrogen-bond donors (Lipinski definition) is 0. The minimum Gasteiger partial charge on any atom is -0.301 e. The van der Waals surface area contributed by atoms with E-state index >= 15 is 0 Å². The molecule has 0 aliphatic heterocycles. The summed E-state index contributed by atoms with van der Waals surface area (Å²) in [5.41, 5.74) is 1.42. The molecule has 3 heteroatoms. The molecule has 156 valence electrons. The largest absolute Gasteiger partial charge is 0.301 e. The minimum atomic E-state index is -1.21. The van der Waals surface area contributed by atoms with Gasteiger partial charge in [-0.15, -0.1) is 0 Å². The molecule has 0 N–H and O–H groups in total. The van der Waals surface area contributed by atoms with E-state index in [1.807, 2.05) is 24.3 Å². The molecule has 2 aliphatic carbocycles. The van der Waals surface area contributed by atoms with E-state index in [0.717, 1.165) is 49.0 Å². The Morgan fingerprint density at radius 3 is 1.90 bits per heavy atom. The summed E-state index contributed by atoms with van der Waals surface area (Å²) in [6.45, 7) is 6.42. The summed E-state index contributed by atoms with van der Waals surface area (Å²) in [4.78, 5) is 2.49. The fraction of sp³-hybridized carbons (Fsp3) is 0.538. The first-order chi connectivity index (χ1) is 13.9. The summed E-state index contributed by atoms with van der Waals surface area (Å²) in [6, 6.07) is 16.7. The van der Waals surface area contributed by atoms with Crippen molar-refractivity contribution in [2.24, 2.45) is 0 Å². The predicted octanol–water partition coefficient (Wildman–Crippen LogP) is 6.49. The number of hydrogen-bond acceptors (Lipinski definition) is 1. The van der Waals surface area contributed by atoms with Crippen molar-refractivity contribution in [1.29, 1.82) is 0 Å². The fourth-order valence-corrected chi connectivity index (χ4v) is 4.46. The molecule has 0 heterocycles. The molecule has 0 radical (unpaired) electrons. The molecule has 0 bridgehead atoms. The van der Waals surface area contributed by atoms with Gasteiger partial charge in [0.2, 0.25) is 0 Å². The van der Waals surface area contributed by atoms with Gasteiger partial charge in [-0.25, -0.2) is 8.78 Å². The van der Waals surface area contributed by atoms with Crippen molar-refractivity contribution in [3.05, 3.63) is 70.8 Å². The van der Waals surface area contributed by atoms with Crippen LogP contribution in [0.4, 0.5) is 8.78 Å². The first-order valence-corrected chi connectivity index (χ1v) is 11.2. The molecule has 2 aromatic carbocycles. The third kappa shape index (κ3) is 4.71. The van der Waals surface area contributed by atoms with Crippen molar-refractivity contribution in [2.45, 2.75) is 76.2 Å². The van der Waals surface area contributed by atoms with Crippen LogP contribution < -0.4 is 0 Å². The van der Waals surface area contributed by atoms with Gasteiger partial charge < -0.3 is 4.90 Å². The van der Waals surface area contributed by atoms with Crippen LogP contribution in [0.3, 0.4) is 0 Å². The molecule has 0 aromatic heterocycles. The van der Waals surface area contributed by atoms with E-state index in [4.69, 9.17) is 0 Å². The average Bonchev–Trinajstić information content (AvgIpc) is 3.64. The lowest BCUT2D eigenvalue weighted by Crippen LogP contribution is -2.34. The van der Waals surface area contributed by atoms with Gasteiger partial charge in [0.25, 0.3) is 0 Å². The second kappa shape index (κ2) is 8.18. The Morgan fingerprint density at radius 2 is 1.38 bits per heavy atom. The molecule has 2 fully saturated rings. The fourth-order valence-electron chi connectivity index (χ4n) is 4.46. The normalized spacial score (nSPS) is 19.0. The monoisotopic (exact) mass is 397 g/mol. The van der Waals surface area contributed by atoms with Crippen LogP contribution in [0.1, 0.15) is 68.2 Å². The molecular formula is C26H33F2N. The minimum absolute atomic E-state index is 0.459. The van der Waals surface area contributed by atoms with Crippen LogP contribution in [0, 0.1) is 0 Å². The van der Waals surface area contributed by atoms with Gasteiger partial charge in [-0.1, -0.05) is 48.5 Å². The summed E-state index contributed by atoms with van der Waals surface area (Å²) < 4.78 is 29.9. The molecular weight excluding hydrogens is 364 g/mol. The van der Waals surface area contributed by atoms with Crippen molar-refractivity contribution < 1.29 is 8.78 Å².